The molecule has 1 unspecified atom stereocenters. The van der Waals surface area contributed by atoms with Crippen molar-refractivity contribution in [3.8, 4) is 5.75 Å². The van der Waals surface area contributed by atoms with Gasteiger partial charge < -0.3 is 14.6 Å². The summed E-state index contributed by atoms with van der Waals surface area (Å²) in [6.45, 7) is 13.4. The number of hydrogen-bond acceptors (Lipinski definition) is 5. The molecule has 1 amide bonds. The maximum Gasteiger partial charge on any atom is 0.234 e. The average Bonchev–Trinajstić information content (AvgIpc) is 3.14. The molecule has 1 heterocycles. The predicted octanol–water partition coefficient (Wildman–Crippen LogP) is 6.24. The van der Waals surface area contributed by atoms with Crippen molar-refractivity contribution in [2.75, 3.05) is 11.1 Å². The van der Waals surface area contributed by atoms with Crippen LogP contribution in [0.4, 0.5) is 5.69 Å². The molecule has 0 saturated heterocycles. The van der Waals surface area contributed by atoms with Gasteiger partial charge in [-0.3, -0.25) is 4.79 Å². The normalized spacial score (nSPS) is 12.2. The van der Waals surface area contributed by atoms with Crippen LogP contribution in [0.5, 0.6) is 5.75 Å². The van der Waals surface area contributed by atoms with Crippen LogP contribution >= 0.6 is 11.8 Å². The quantitative estimate of drug-likeness (QED) is 0.358. The first-order chi connectivity index (χ1) is 15.7. The van der Waals surface area contributed by atoms with E-state index in [4.69, 9.17) is 4.74 Å². The largest absolute Gasteiger partial charge is 0.483 e. The molecule has 3 rings (SSSR count). The Hall–Kier alpha value is -2.80. The summed E-state index contributed by atoms with van der Waals surface area (Å²) in [6, 6.07) is 16.0. The van der Waals surface area contributed by atoms with Crippen LogP contribution < -0.4 is 10.1 Å². The number of carbonyl (C=O) groups is 1. The van der Waals surface area contributed by atoms with Crippen LogP contribution in [-0.2, 0) is 11.3 Å². The molecule has 0 saturated carbocycles. The molecule has 176 valence electrons. The van der Waals surface area contributed by atoms with Crippen LogP contribution in [0.3, 0.4) is 0 Å². The third kappa shape index (κ3) is 7.09. The number of aromatic nitrogens is 3. The summed E-state index contributed by atoms with van der Waals surface area (Å²) in [5.41, 5.74) is 3.19. The first-order valence-corrected chi connectivity index (χ1v) is 12.4. The van der Waals surface area contributed by atoms with Crippen LogP contribution in [0.25, 0.3) is 0 Å². The van der Waals surface area contributed by atoms with Crippen molar-refractivity contribution in [1.29, 1.82) is 0 Å². The van der Waals surface area contributed by atoms with Crippen molar-refractivity contribution in [2.45, 2.75) is 65.3 Å². The van der Waals surface area contributed by atoms with E-state index in [0.717, 1.165) is 34.5 Å². The Morgan fingerprint density at radius 2 is 1.79 bits per heavy atom. The Kier molecular flexibility index (Phi) is 8.55. The van der Waals surface area contributed by atoms with E-state index in [1.165, 1.54) is 17.3 Å². The minimum absolute atomic E-state index is 0.0687. The summed E-state index contributed by atoms with van der Waals surface area (Å²) >= 11 is 1.39. The predicted molar refractivity (Wildman–Crippen MR) is 135 cm³/mol. The second kappa shape index (κ2) is 11.4. The third-order valence-corrected chi connectivity index (χ3v) is 6.12. The monoisotopic (exact) mass is 466 g/mol. The number of aryl methyl sites for hydroxylation is 1. The Morgan fingerprint density at radius 1 is 1.06 bits per heavy atom. The van der Waals surface area contributed by atoms with Crippen molar-refractivity contribution < 1.29 is 9.53 Å². The molecule has 1 aromatic heterocycles. The molecule has 2 aromatic carbocycles. The fraction of sp³-hybridized carbons (Fsp3) is 0.423. The van der Waals surface area contributed by atoms with E-state index in [2.05, 4.69) is 59.9 Å². The van der Waals surface area contributed by atoms with Gasteiger partial charge in [-0.05, 0) is 61.1 Å². The Morgan fingerprint density at radius 3 is 2.42 bits per heavy atom. The minimum Gasteiger partial charge on any atom is -0.483 e. The molecule has 7 heteroatoms. The smallest absolute Gasteiger partial charge is 0.234 e. The zero-order valence-electron chi connectivity index (χ0n) is 20.3. The highest BCUT2D eigenvalue weighted by molar-refractivity contribution is 7.99. The zero-order valence-corrected chi connectivity index (χ0v) is 21.1. The van der Waals surface area contributed by atoms with Gasteiger partial charge in [-0.1, -0.05) is 63.7 Å². The summed E-state index contributed by atoms with van der Waals surface area (Å²) in [7, 11) is 0. The summed E-state index contributed by atoms with van der Waals surface area (Å²) in [5.74, 6) is 2.64. The van der Waals surface area contributed by atoms with Crippen LogP contribution in [0.2, 0.25) is 0 Å². The van der Waals surface area contributed by atoms with E-state index in [9.17, 15) is 4.79 Å². The number of nitrogens with one attached hydrogen (secondary N) is 1. The maximum absolute atomic E-state index is 12.5. The van der Waals surface area contributed by atoms with Crippen LogP contribution in [0.15, 0.2) is 53.7 Å². The Labute approximate surface area is 201 Å². The standard InChI is InChI=1S/C26H34N4O2S/c1-17(2)15-30-25(20(6)32-23-12-10-21(11-13-23)18(3)4)28-29-26(30)33-16-24(31)27-22-9-7-8-19(5)14-22/h7-14,17-18,20H,15-16H2,1-6H3,(H,27,31). The molecule has 3 aromatic rings. The lowest BCUT2D eigenvalue weighted by atomic mass is 10.0. The number of benzene rings is 2. The highest BCUT2D eigenvalue weighted by Crippen LogP contribution is 2.27. The summed E-state index contributed by atoms with van der Waals surface area (Å²) < 4.78 is 8.25. The lowest BCUT2D eigenvalue weighted by Crippen LogP contribution is -2.17. The second-order valence-corrected chi connectivity index (χ2v) is 9.98. The van der Waals surface area contributed by atoms with Crippen LogP contribution in [0, 0.1) is 12.8 Å². The molecule has 0 spiro atoms. The lowest BCUT2D eigenvalue weighted by Gasteiger charge is -2.18. The fourth-order valence-corrected chi connectivity index (χ4v) is 4.24. The van der Waals surface area contributed by atoms with Crippen LogP contribution in [-0.4, -0.2) is 26.4 Å². The number of carbonyl (C=O) groups excluding carboxylic acids is 1. The number of hydrogen-bond donors (Lipinski definition) is 1. The van der Waals surface area contributed by atoms with Gasteiger partial charge in [0.05, 0.1) is 5.75 Å². The van der Waals surface area contributed by atoms with Gasteiger partial charge in [-0.15, -0.1) is 10.2 Å². The molecule has 0 aliphatic carbocycles. The number of nitrogens with zero attached hydrogens (tertiary/aromatic N) is 3. The summed E-state index contributed by atoms with van der Waals surface area (Å²) in [5, 5.41) is 12.5. The van der Waals surface area contributed by atoms with E-state index in [1.807, 2.05) is 50.2 Å². The Balaban J connectivity index is 1.68. The average molecular weight is 467 g/mol. The van der Waals surface area contributed by atoms with Crippen molar-refractivity contribution in [3.05, 3.63) is 65.5 Å². The molecule has 1 atom stereocenters. The summed E-state index contributed by atoms with van der Waals surface area (Å²) in [6.07, 6.45) is -0.267. The van der Waals surface area contributed by atoms with E-state index in [0.29, 0.717) is 11.8 Å². The topological polar surface area (TPSA) is 69.0 Å². The SMILES string of the molecule is Cc1cccc(NC(=O)CSc2nnc(C(C)Oc3ccc(C(C)C)cc3)n2CC(C)C)c1. The highest BCUT2D eigenvalue weighted by Gasteiger charge is 2.21. The number of rotatable bonds is 10. The van der Waals surface area contributed by atoms with Crippen molar-refractivity contribution >= 4 is 23.4 Å². The van der Waals surface area contributed by atoms with E-state index >= 15 is 0 Å². The molecule has 6 nitrogen and oxygen atoms in total. The van der Waals surface area contributed by atoms with Gasteiger partial charge in [-0.25, -0.2) is 0 Å². The summed E-state index contributed by atoms with van der Waals surface area (Å²) in [4.78, 5) is 12.5. The lowest BCUT2D eigenvalue weighted by molar-refractivity contribution is -0.113. The number of amides is 1. The highest BCUT2D eigenvalue weighted by atomic mass is 32.2. The van der Waals surface area contributed by atoms with Gasteiger partial charge in [0, 0.05) is 12.2 Å². The van der Waals surface area contributed by atoms with E-state index < -0.39 is 0 Å². The fourth-order valence-electron chi connectivity index (χ4n) is 3.48. The van der Waals surface area contributed by atoms with Crippen molar-refractivity contribution in [1.82, 2.24) is 14.8 Å². The first-order valence-electron chi connectivity index (χ1n) is 11.4. The van der Waals surface area contributed by atoms with Gasteiger partial charge in [0.2, 0.25) is 5.91 Å². The molecule has 0 aliphatic rings. The molecular weight excluding hydrogens is 432 g/mol. The molecule has 0 radical (unpaired) electrons. The molecular formula is C26H34N4O2S. The molecule has 0 aliphatic heterocycles. The first kappa shape index (κ1) is 24.8. The van der Waals surface area contributed by atoms with Gasteiger partial charge in [0.25, 0.3) is 0 Å². The maximum atomic E-state index is 12.5. The molecule has 1 N–H and O–H groups in total. The molecule has 33 heavy (non-hydrogen) atoms. The third-order valence-electron chi connectivity index (χ3n) is 5.15. The van der Waals surface area contributed by atoms with Gasteiger partial charge in [0.1, 0.15) is 5.75 Å². The van der Waals surface area contributed by atoms with Crippen molar-refractivity contribution in [3.63, 3.8) is 0 Å². The van der Waals surface area contributed by atoms with Crippen molar-refractivity contribution in [2.24, 2.45) is 5.92 Å². The number of anilines is 1. The van der Waals surface area contributed by atoms with Gasteiger partial charge >= 0.3 is 0 Å². The second-order valence-electron chi connectivity index (χ2n) is 9.04. The molecule has 0 fully saturated rings. The number of ether oxygens (including phenoxy) is 1. The van der Waals surface area contributed by atoms with E-state index in [-0.39, 0.29) is 17.8 Å². The van der Waals surface area contributed by atoms with E-state index in [1.54, 1.807) is 0 Å². The minimum atomic E-state index is -0.267. The van der Waals surface area contributed by atoms with Gasteiger partial charge in [0.15, 0.2) is 17.1 Å². The molecule has 0 bridgehead atoms. The van der Waals surface area contributed by atoms with Gasteiger partial charge in [-0.2, -0.15) is 0 Å². The van der Waals surface area contributed by atoms with Crippen LogP contribution in [0.1, 0.15) is 63.6 Å². The Bertz CT molecular complexity index is 1060. The number of thioether (sulfide) groups is 1. The zero-order chi connectivity index (χ0) is 24.0.